The van der Waals surface area contributed by atoms with Gasteiger partial charge in [0.25, 0.3) is 10.0 Å². The van der Waals surface area contributed by atoms with Crippen LogP contribution < -0.4 is 0 Å². The highest BCUT2D eigenvalue weighted by atomic mass is 32.2. The van der Waals surface area contributed by atoms with Gasteiger partial charge < -0.3 is 5.11 Å². The molecule has 0 saturated heterocycles. The zero-order valence-electron chi connectivity index (χ0n) is 18.1. The van der Waals surface area contributed by atoms with Gasteiger partial charge in [0.05, 0.1) is 17.4 Å². The molecule has 4 atom stereocenters. The van der Waals surface area contributed by atoms with Crippen LogP contribution in [0.5, 0.6) is 0 Å². The number of hydrogen-bond acceptors (Lipinski definition) is 5. The first-order valence-electron chi connectivity index (χ1n) is 10.7. The number of fused-ring (bicyclic) bond motifs is 2. The van der Waals surface area contributed by atoms with Crippen molar-refractivity contribution in [3.05, 3.63) is 52.4 Å². The van der Waals surface area contributed by atoms with Gasteiger partial charge in [-0.1, -0.05) is 49.9 Å². The van der Waals surface area contributed by atoms with Gasteiger partial charge in [0.1, 0.15) is 11.1 Å². The largest absolute Gasteiger partial charge is 0.392 e. The number of nitriles is 1. The van der Waals surface area contributed by atoms with Crippen LogP contribution in [0.1, 0.15) is 44.2 Å². The number of rotatable bonds is 5. The molecule has 0 spiro atoms. The number of thioether (sulfide) groups is 1. The van der Waals surface area contributed by atoms with E-state index < -0.39 is 21.5 Å². The van der Waals surface area contributed by atoms with E-state index in [2.05, 4.69) is 24.3 Å². The van der Waals surface area contributed by atoms with Gasteiger partial charge in [-0.3, -0.25) is 0 Å². The highest BCUT2D eigenvalue weighted by Crippen LogP contribution is 2.61. The van der Waals surface area contributed by atoms with Crippen LogP contribution >= 0.6 is 11.8 Å². The van der Waals surface area contributed by atoms with Crippen LogP contribution in [-0.2, 0) is 10.0 Å². The minimum Gasteiger partial charge on any atom is -0.392 e. The number of benzene rings is 1. The fourth-order valence-electron chi connectivity index (χ4n) is 6.04. The van der Waals surface area contributed by atoms with Crippen LogP contribution in [0.2, 0.25) is 0 Å². The normalized spacial score (nSPS) is 32.8. The Morgan fingerprint density at radius 1 is 1.35 bits per heavy atom. The molecule has 0 radical (unpaired) electrons. The highest BCUT2D eigenvalue weighted by molar-refractivity contribution is 8.18. The molecule has 1 aliphatic heterocycles. The molecule has 4 unspecified atom stereocenters. The third kappa shape index (κ3) is 4.02. The average molecular weight is 457 g/mol. The zero-order chi connectivity index (χ0) is 22.4. The maximum atomic E-state index is 13.1. The molecule has 1 aromatic carbocycles. The van der Waals surface area contributed by atoms with E-state index in [4.69, 9.17) is 0 Å². The topological polar surface area (TPSA) is 90.5 Å². The smallest absolute Gasteiger partial charge is 0.254 e. The summed E-state index contributed by atoms with van der Waals surface area (Å²) in [5.74, 6) is 0.835. The molecule has 2 aliphatic carbocycles. The summed E-state index contributed by atoms with van der Waals surface area (Å²) in [7, 11) is -3.77. The highest BCUT2D eigenvalue weighted by Gasteiger charge is 2.61. The number of aliphatic hydroxyl groups is 1. The third-order valence-corrected chi connectivity index (χ3v) is 9.59. The van der Waals surface area contributed by atoms with Crippen LogP contribution in [0.3, 0.4) is 0 Å². The maximum absolute atomic E-state index is 13.1. The van der Waals surface area contributed by atoms with Crippen LogP contribution in [0.4, 0.5) is 0 Å². The number of sulfonamides is 1. The standard InChI is InChI=1S/C24H28N2O3S2/c1-15(2)23-17-10-11-24(23,21(27)12-17)14-31(28,29)26-22-9-8-20(30-22)19(13-25)18-7-5-4-6-16(18)3/h4-9,15,17,21,23,27H,10-12,14H2,1-3H3/b20-19+,26-22?. The van der Waals surface area contributed by atoms with Gasteiger partial charge in [-0.25, -0.2) is 8.42 Å². The van der Waals surface area contributed by atoms with Crippen LogP contribution in [0, 0.1) is 41.4 Å². The van der Waals surface area contributed by atoms with Crippen molar-refractivity contribution in [3.8, 4) is 6.07 Å². The summed E-state index contributed by atoms with van der Waals surface area (Å²) < 4.78 is 30.3. The van der Waals surface area contributed by atoms with Gasteiger partial charge in [-0.05, 0) is 67.2 Å². The van der Waals surface area contributed by atoms with Crippen molar-refractivity contribution in [2.24, 2.45) is 27.6 Å². The van der Waals surface area contributed by atoms with Crippen molar-refractivity contribution < 1.29 is 13.5 Å². The van der Waals surface area contributed by atoms with Crippen LogP contribution in [0.25, 0.3) is 5.57 Å². The summed E-state index contributed by atoms with van der Waals surface area (Å²) in [6.07, 6.45) is 5.25. The molecule has 5 nitrogen and oxygen atoms in total. The number of nitrogens with zero attached hydrogens (tertiary/aromatic N) is 2. The fraction of sp³-hybridized carbons (Fsp3) is 0.500. The molecule has 31 heavy (non-hydrogen) atoms. The summed E-state index contributed by atoms with van der Waals surface area (Å²) in [5, 5.41) is 20.8. The van der Waals surface area contributed by atoms with Gasteiger partial charge in [0.15, 0.2) is 0 Å². The quantitative estimate of drug-likeness (QED) is 0.649. The minimum atomic E-state index is -3.77. The van der Waals surface area contributed by atoms with E-state index in [1.807, 2.05) is 31.2 Å². The molecule has 1 heterocycles. The molecule has 0 aromatic heterocycles. The van der Waals surface area contributed by atoms with E-state index in [1.165, 1.54) is 11.8 Å². The molecule has 4 rings (SSSR count). The number of aryl methyl sites for hydroxylation is 1. The SMILES string of the molecule is Cc1ccccc1/C(C#N)=C1\C=CC(=NS(=O)(=O)CC23CCC(CC2O)C3C(C)C)S1. The monoisotopic (exact) mass is 456 g/mol. The second kappa shape index (κ2) is 8.23. The van der Waals surface area contributed by atoms with Crippen molar-refractivity contribution in [2.45, 2.75) is 46.1 Å². The summed E-state index contributed by atoms with van der Waals surface area (Å²) in [6.45, 7) is 6.19. The van der Waals surface area contributed by atoms with E-state index in [0.29, 0.717) is 33.8 Å². The first kappa shape index (κ1) is 22.3. The first-order chi connectivity index (χ1) is 14.7. The number of allylic oxidation sites excluding steroid dienone is 2. The van der Waals surface area contributed by atoms with Gasteiger partial charge in [-0.2, -0.15) is 9.66 Å². The Morgan fingerprint density at radius 2 is 2.10 bits per heavy atom. The predicted molar refractivity (Wildman–Crippen MR) is 126 cm³/mol. The molecule has 7 heteroatoms. The molecular weight excluding hydrogens is 428 g/mol. The predicted octanol–water partition coefficient (Wildman–Crippen LogP) is 4.69. The summed E-state index contributed by atoms with van der Waals surface area (Å²) in [6, 6.07) is 9.90. The zero-order valence-corrected chi connectivity index (χ0v) is 19.7. The Labute approximate surface area is 189 Å². The minimum absolute atomic E-state index is 0.111. The molecule has 2 fully saturated rings. The summed E-state index contributed by atoms with van der Waals surface area (Å²) in [4.78, 5) is 0.700. The van der Waals surface area contributed by atoms with Crippen molar-refractivity contribution in [1.29, 1.82) is 5.26 Å². The molecule has 164 valence electrons. The Kier molecular flexibility index (Phi) is 5.93. The molecule has 1 N–H and O–H groups in total. The van der Waals surface area contributed by atoms with Gasteiger partial charge in [-0.15, -0.1) is 0 Å². The van der Waals surface area contributed by atoms with E-state index in [0.717, 1.165) is 24.0 Å². The Morgan fingerprint density at radius 3 is 2.74 bits per heavy atom. The van der Waals surface area contributed by atoms with Gasteiger partial charge in [0, 0.05) is 10.3 Å². The van der Waals surface area contributed by atoms with Crippen LogP contribution in [0.15, 0.2) is 45.7 Å². The maximum Gasteiger partial charge on any atom is 0.254 e. The molecule has 0 amide bonds. The van der Waals surface area contributed by atoms with Crippen LogP contribution in [-0.4, -0.2) is 30.4 Å². The van der Waals surface area contributed by atoms with Gasteiger partial charge >= 0.3 is 0 Å². The lowest BCUT2D eigenvalue weighted by molar-refractivity contribution is 0.0306. The lowest BCUT2D eigenvalue weighted by Crippen LogP contribution is -2.41. The third-order valence-electron chi connectivity index (χ3n) is 7.10. The summed E-state index contributed by atoms with van der Waals surface area (Å²) >= 11 is 1.21. The van der Waals surface area contributed by atoms with Gasteiger partial charge in [0.2, 0.25) is 0 Å². The number of aliphatic hydroxyl groups excluding tert-OH is 1. The van der Waals surface area contributed by atoms with E-state index in [-0.39, 0.29) is 11.7 Å². The Bertz CT molecular complexity index is 1130. The fourth-order valence-corrected chi connectivity index (χ4v) is 8.89. The lowest BCUT2D eigenvalue weighted by atomic mass is 9.74. The molecule has 3 aliphatic rings. The molecular formula is C24H28N2O3S2. The van der Waals surface area contributed by atoms with Crippen molar-refractivity contribution >= 4 is 32.4 Å². The van der Waals surface area contributed by atoms with Crippen molar-refractivity contribution in [1.82, 2.24) is 0 Å². The Balaban J connectivity index is 1.59. The first-order valence-corrected chi connectivity index (χ1v) is 13.2. The Hall–Kier alpha value is -1.88. The van der Waals surface area contributed by atoms with E-state index in [9.17, 15) is 18.8 Å². The molecule has 2 bridgehead atoms. The second-order valence-electron chi connectivity index (χ2n) is 9.31. The number of hydrogen-bond donors (Lipinski definition) is 1. The lowest BCUT2D eigenvalue weighted by Gasteiger charge is -2.36. The van der Waals surface area contributed by atoms with Crippen molar-refractivity contribution in [3.63, 3.8) is 0 Å². The van der Waals surface area contributed by atoms with E-state index in [1.54, 1.807) is 12.2 Å². The van der Waals surface area contributed by atoms with Crippen molar-refractivity contribution in [2.75, 3.05) is 5.75 Å². The second-order valence-corrected chi connectivity index (χ2v) is 12.0. The summed E-state index contributed by atoms with van der Waals surface area (Å²) in [5.41, 5.74) is 1.76. The van der Waals surface area contributed by atoms with E-state index >= 15 is 0 Å². The molecule has 2 saturated carbocycles. The average Bonchev–Trinajstić information content (AvgIpc) is 3.35. The molecule has 1 aromatic rings.